The number of carbonyl (C=O) groups excluding carboxylic acids is 3. The Morgan fingerprint density at radius 1 is 0.650 bits per heavy atom. The second-order valence-corrected chi connectivity index (χ2v) is 16.7. The van der Waals surface area contributed by atoms with Crippen LogP contribution in [0.25, 0.3) is 22.5 Å². The number of ether oxygens (including phenoxy) is 2. The molecule has 2 aromatic carbocycles. The minimum atomic E-state index is -0.672. The van der Waals surface area contributed by atoms with Crippen molar-refractivity contribution < 1.29 is 23.9 Å². The minimum Gasteiger partial charge on any atom is -0.483 e. The zero-order valence-corrected chi connectivity index (χ0v) is 35.7. The standard InChI is InChI=1S/C45H60N10O5/c1-28(2)39(48-30(5)59-6)43(56)54-20-8-10-37(54)41-46-26-35(49-41)31-12-16-33(17-13-31)52-22-24-53(25-23-52)34-18-14-32(15-19-34)36-27-47-42(50-36)38-11-9-21-55(38)44(57)40(29(3)4)51-45(58)60-7/h12-19,26-29,37-40,48H,5,8-11,20-25H2,1-4,6-7H3,(H,46,49)(H,47,50)(H,51,58)/t37-,38-,39-,40-/m0/s1. The van der Waals surface area contributed by atoms with E-state index < -0.39 is 18.2 Å². The zero-order valence-electron chi connectivity index (χ0n) is 35.7. The predicted octanol–water partition coefficient (Wildman–Crippen LogP) is 6.23. The van der Waals surface area contributed by atoms with Crippen LogP contribution in [-0.2, 0) is 19.1 Å². The van der Waals surface area contributed by atoms with E-state index in [2.05, 4.69) is 85.5 Å². The van der Waals surface area contributed by atoms with Gasteiger partial charge in [0.05, 0.1) is 50.1 Å². The van der Waals surface area contributed by atoms with Crippen LogP contribution in [0.15, 0.2) is 73.4 Å². The first-order chi connectivity index (χ1) is 28.9. The van der Waals surface area contributed by atoms with E-state index in [0.717, 1.165) is 86.0 Å². The van der Waals surface area contributed by atoms with E-state index in [1.54, 1.807) is 7.11 Å². The first-order valence-corrected chi connectivity index (χ1v) is 21.2. The molecule has 4 atom stereocenters. The van der Waals surface area contributed by atoms with E-state index in [9.17, 15) is 14.4 Å². The maximum atomic E-state index is 13.7. The van der Waals surface area contributed by atoms with E-state index >= 15 is 0 Å². The van der Waals surface area contributed by atoms with E-state index in [4.69, 9.17) is 19.4 Å². The zero-order chi connectivity index (χ0) is 42.5. The van der Waals surface area contributed by atoms with Crippen molar-refractivity contribution >= 4 is 29.3 Å². The van der Waals surface area contributed by atoms with Crippen molar-refractivity contribution in [2.24, 2.45) is 11.8 Å². The number of aromatic amines is 2. The molecular weight excluding hydrogens is 761 g/mol. The van der Waals surface area contributed by atoms with Gasteiger partial charge in [0.15, 0.2) is 5.88 Å². The fraction of sp³-hybridized carbons (Fsp3) is 0.489. The van der Waals surface area contributed by atoms with Crippen LogP contribution in [0.1, 0.15) is 77.1 Å². The molecule has 3 aliphatic rings. The van der Waals surface area contributed by atoms with Crippen molar-refractivity contribution in [1.82, 2.24) is 40.4 Å². The molecule has 320 valence electrons. The number of alkyl carbamates (subject to hydrolysis) is 1. The molecule has 0 radical (unpaired) electrons. The molecule has 0 unspecified atom stereocenters. The lowest BCUT2D eigenvalue weighted by Crippen LogP contribution is -2.51. The van der Waals surface area contributed by atoms with Gasteiger partial charge in [-0.15, -0.1) is 0 Å². The van der Waals surface area contributed by atoms with Crippen LogP contribution >= 0.6 is 0 Å². The largest absolute Gasteiger partial charge is 0.483 e. The molecule has 4 N–H and O–H groups in total. The number of rotatable bonds is 14. The SMILES string of the molecule is C=C(N[C@H](C(=O)N1CCC[C@H]1c1ncc(-c2ccc(N3CCN(c4ccc(-c5cnc([C@@H]6CCCN6C(=O)[C@@H](NC(=O)OC)C(C)C)[nH]5)cc4)CC3)cc2)[nH]1)C(C)C)OC. The monoisotopic (exact) mass is 820 g/mol. The van der Waals surface area contributed by atoms with E-state index in [-0.39, 0.29) is 35.7 Å². The first kappa shape index (κ1) is 42.1. The second kappa shape index (κ2) is 18.5. The van der Waals surface area contributed by atoms with Gasteiger partial charge in [-0.25, -0.2) is 14.8 Å². The van der Waals surface area contributed by atoms with E-state index in [1.165, 1.54) is 18.5 Å². The van der Waals surface area contributed by atoms with Crippen molar-refractivity contribution in [2.75, 3.05) is 63.3 Å². The lowest BCUT2D eigenvalue weighted by Gasteiger charge is -2.37. The van der Waals surface area contributed by atoms with Gasteiger partial charge >= 0.3 is 6.09 Å². The molecule has 0 spiro atoms. The summed E-state index contributed by atoms with van der Waals surface area (Å²) in [7, 11) is 2.85. The quantitative estimate of drug-likeness (QED) is 0.107. The van der Waals surface area contributed by atoms with Crippen LogP contribution in [0.3, 0.4) is 0 Å². The third-order valence-electron chi connectivity index (χ3n) is 12.1. The number of benzene rings is 2. The minimum absolute atomic E-state index is 0.0327. The molecule has 3 fully saturated rings. The number of amides is 3. The number of nitrogens with one attached hydrogen (secondary N) is 4. The average Bonchev–Trinajstić information content (AvgIpc) is 4.11. The van der Waals surface area contributed by atoms with Gasteiger partial charge in [0, 0.05) is 50.6 Å². The van der Waals surface area contributed by atoms with Crippen molar-refractivity contribution in [3.8, 4) is 22.5 Å². The van der Waals surface area contributed by atoms with Crippen LogP contribution in [0.2, 0.25) is 0 Å². The summed E-state index contributed by atoms with van der Waals surface area (Å²) in [4.78, 5) is 64.2. The highest BCUT2D eigenvalue weighted by Gasteiger charge is 2.39. The average molecular weight is 821 g/mol. The topological polar surface area (TPSA) is 164 Å². The summed E-state index contributed by atoms with van der Waals surface area (Å²) in [6.45, 7) is 16.6. The number of imidazole rings is 2. The predicted molar refractivity (Wildman–Crippen MR) is 232 cm³/mol. The Morgan fingerprint density at radius 2 is 1.07 bits per heavy atom. The van der Waals surface area contributed by atoms with Gasteiger partial charge in [-0.3, -0.25) is 9.59 Å². The molecule has 2 aromatic heterocycles. The molecule has 3 amide bonds. The highest BCUT2D eigenvalue weighted by Crippen LogP contribution is 2.35. The Labute approximate surface area is 352 Å². The third-order valence-corrected chi connectivity index (χ3v) is 12.1. The van der Waals surface area contributed by atoms with Gasteiger partial charge in [-0.2, -0.15) is 0 Å². The molecule has 3 saturated heterocycles. The Kier molecular flexibility index (Phi) is 13.0. The van der Waals surface area contributed by atoms with Gasteiger partial charge in [0.2, 0.25) is 11.8 Å². The van der Waals surface area contributed by atoms with Crippen molar-refractivity contribution in [2.45, 2.75) is 77.5 Å². The smallest absolute Gasteiger partial charge is 0.407 e. The van der Waals surface area contributed by atoms with E-state index in [1.807, 2.05) is 49.9 Å². The number of hydrogen-bond donors (Lipinski definition) is 4. The number of likely N-dealkylation sites (tertiary alicyclic amines) is 2. The molecular formula is C45H60N10O5. The number of H-pyrrole nitrogens is 2. The van der Waals surface area contributed by atoms with Gasteiger partial charge < -0.3 is 49.7 Å². The number of carbonyl (C=O) groups is 3. The number of aromatic nitrogens is 4. The maximum Gasteiger partial charge on any atom is 0.407 e. The van der Waals surface area contributed by atoms with Crippen LogP contribution in [-0.4, -0.2) is 113 Å². The molecule has 3 aliphatic heterocycles. The number of hydrogen-bond acceptors (Lipinski definition) is 10. The lowest BCUT2D eigenvalue weighted by molar-refractivity contribution is -0.136. The fourth-order valence-electron chi connectivity index (χ4n) is 8.66. The number of methoxy groups -OCH3 is 2. The Hall–Kier alpha value is -5.99. The van der Waals surface area contributed by atoms with Crippen molar-refractivity contribution in [3.63, 3.8) is 0 Å². The molecule has 15 nitrogen and oxygen atoms in total. The fourth-order valence-corrected chi connectivity index (χ4v) is 8.66. The third kappa shape index (κ3) is 9.09. The first-order valence-electron chi connectivity index (χ1n) is 21.2. The summed E-state index contributed by atoms with van der Waals surface area (Å²) >= 11 is 0. The van der Waals surface area contributed by atoms with Crippen LogP contribution < -0.4 is 20.4 Å². The van der Waals surface area contributed by atoms with Gasteiger partial charge in [0.1, 0.15) is 23.7 Å². The summed E-state index contributed by atoms with van der Waals surface area (Å²) < 4.78 is 9.98. The molecule has 0 bridgehead atoms. The van der Waals surface area contributed by atoms with Gasteiger partial charge in [0.25, 0.3) is 0 Å². The van der Waals surface area contributed by atoms with E-state index in [0.29, 0.717) is 19.0 Å². The number of anilines is 2. The second-order valence-electron chi connectivity index (χ2n) is 16.7. The molecule has 7 rings (SSSR count). The molecule has 0 saturated carbocycles. The summed E-state index contributed by atoms with van der Waals surface area (Å²) in [5.74, 6) is 1.83. The van der Waals surface area contributed by atoms with Gasteiger partial charge in [-0.1, -0.05) is 52.0 Å². The summed E-state index contributed by atoms with van der Waals surface area (Å²) in [6, 6.07) is 15.8. The Morgan fingerprint density at radius 3 is 1.45 bits per heavy atom. The van der Waals surface area contributed by atoms with Crippen molar-refractivity contribution in [1.29, 1.82) is 0 Å². The molecule has 5 heterocycles. The lowest BCUT2D eigenvalue weighted by atomic mass is 10.0. The summed E-state index contributed by atoms with van der Waals surface area (Å²) in [6.07, 6.45) is 6.55. The molecule has 0 aliphatic carbocycles. The molecule has 15 heteroatoms. The Bertz CT molecular complexity index is 1950. The van der Waals surface area contributed by atoms with Crippen molar-refractivity contribution in [3.05, 3.63) is 85.0 Å². The molecule has 60 heavy (non-hydrogen) atoms. The highest BCUT2D eigenvalue weighted by atomic mass is 16.5. The normalized spacial score (nSPS) is 19.1. The Balaban J connectivity index is 0.927. The molecule has 4 aromatic rings. The number of nitrogens with zero attached hydrogens (tertiary/aromatic N) is 6. The number of piperazine rings is 1. The van der Waals surface area contributed by atoms with Crippen LogP contribution in [0.5, 0.6) is 0 Å². The van der Waals surface area contributed by atoms with Crippen LogP contribution in [0.4, 0.5) is 16.2 Å². The van der Waals surface area contributed by atoms with Gasteiger partial charge in [-0.05, 0) is 79.5 Å². The maximum absolute atomic E-state index is 13.7. The summed E-state index contributed by atoms with van der Waals surface area (Å²) in [5, 5.41) is 5.86. The van der Waals surface area contributed by atoms with Crippen LogP contribution in [0, 0.1) is 11.8 Å². The highest BCUT2D eigenvalue weighted by molar-refractivity contribution is 5.86. The summed E-state index contributed by atoms with van der Waals surface area (Å²) in [5.41, 5.74) is 6.27.